The molecule has 1 aromatic carbocycles. The van der Waals surface area contributed by atoms with Crippen LogP contribution in [0.1, 0.15) is 12.5 Å². The number of carboxylic acid groups (broad SMARTS) is 1. The van der Waals surface area contributed by atoms with Gasteiger partial charge >= 0.3 is 5.97 Å². The third-order valence-corrected chi connectivity index (χ3v) is 3.85. The molecular weight excluding hydrogens is 278 g/mol. The summed E-state index contributed by atoms with van der Waals surface area (Å²) in [7, 11) is 1.60. The first-order valence-electron chi connectivity index (χ1n) is 6.23. The van der Waals surface area contributed by atoms with Crippen molar-refractivity contribution in [2.75, 3.05) is 18.6 Å². The molecule has 110 valence electrons. The first-order valence-corrected chi connectivity index (χ1v) is 7.38. The zero-order valence-electron chi connectivity index (χ0n) is 11.6. The lowest BCUT2D eigenvalue weighted by Crippen LogP contribution is -2.25. The molecule has 1 atom stereocenters. The van der Waals surface area contributed by atoms with Crippen molar-refractivity contribution in [2.45, 2.75) is 13.5 Å². The molecule has 0 aromatic heterocycles. The average Bonchev–Trinajstić information content (AvgIpc) is 2.45. The van der Waals surface area contributed by atoms with Crippen molar-refractivity contribution in [1.82, 2.24) is 5.32 Å². The lowest BCUT2D eigenvalue weighted by molar-refractivity contribution is -0.140. The highest BCUT2D eigenvalue weighted by atomic mass is 32.2. The van der Waals surface area contributed by atoms with Gasteiger partial charge in [0.15, 0.2) is 0 Å². The lowest BCUT2D eigenvalue weighted by atomic mass is 10.2. The van der Waals surface area contributed by atoms with E-state index in [9.17, 15) is 9.59 Å². The molecule has 0 fully saturated rings. The van der Waals surface area contributed by atoms with Crippen LogP contribution in [-0.4, -0.2) is 35.6 Å². The van der Waals surface area contributed by atoms with Gasteiger partial charge in [-0.25, -0.2) is 0 Å². The van der Waals surface area contributed by atoms with Gasteiger partial charge in [0, 0.05) is 12.3 Å². The number of ether oxygens (including phenoxy) is 1. The predicted octanol–water partition coefficient (Wildman–Crippen LogP) is 1.77. The molecule has 0 aliphatic heterocycles. The molecule has 0 bridgehead atoms. The van der Waals surface area contributed by atoms with Crippen LogP contribution in [0.3, 0.4) is 0 Å². The van der Waals surface area contributed by atoms with Crippen LogP contribution < -0.4 is 10.1 Å². The molecule has 1 unspecified atom stereocenters. The zero-order chi connectivity index (χ0) is 15.0. The van der Waals surface area contributed by atoms with Gasteiger partial charge in [0.1, 0.15) is 5.75 Å². The quantitative estimate of drug-likeness (QED) is 0.765. The van der Waals surface area contributed by atoms with Crippen LogP contribution in [-0.2, 0) is 16.1 Å². The van der Waals surface area contributed by atoms with Gasteiger partial charge in [-0.3, -0.25) is 9.59 Å². The van der Waals surface area contributed by atoms with Gasteiger partial charge in [0.05, 0.1) is 18.8 Å². The fraction of sp³-hybridized carbons (Fsp3) is 0.429. The normalized spacial score (nSPS) is 11.7. The third-order valence-electron chi connectivity index (χ3n) is 2.65. The molecule has 1 rings (SSSR count). The van der Waals surface area contributed by atoms with E-state index < -0.39 is 11.9 Å². The van der Waals surface area contributed by atoms with E-state index in [-0.39, 0.29) is 11.7 Å². The van der Waals surface area contributed by atoms with E-state index in [0.717, 1.165) is 11.3 Å². The Morgan fingerprint density at radius 3 is 2.85 bits per heavy atom. The number of aliphatic carboxylic acids is 1. The van der Waals surface area contributed by atoms with E-state index in [4.69, 9.17) is 9.84 Å². The first kappa shape index (κ1) is 16.4. The van der Waals surface area contributed by atoms with E-state index in [1.165, 1.54) is 11.8 Å². The topological polar surface area (TPSA) is 75.6 Å². The smallest absolute Gasteiger partial charge is 0.307 e. The molecule has 6 heteroatoms. The number of rotatable bonds is 8. The van der Waals surface area contributed by atoms with Crippen LogP contribution in [0.15, 0.2) is 24.3 Å². The molecule has 0 radical (unpaired) electrons. The minimum Gasteiger partial charge on any atom is -0.497 e. The zero-order valence-corrected chi connectivity index (χ0v) is 12.4. The van der Waals surface area contributed by atoms with Gasteiger partial charge in [-0.1, -0.05) is 19.1 Å². The molecule has 0 aliphatic carbocycles. The highest BCUT2D eigenvalue weighted by molar-refractivity contribution is 7.99. The second-order valence-corrected chi connectivity index (χ2v) is 5.41. The van der Waals surface area contributed by atoms with Crippen molar-refractivity contribution >= 4 is 23.6 Å². The maximum absolute atomic E-state index is 11.6. The van der Waals surface area contributed by atoms with Crippen LogP contribution in [0, 0.1) is 5.92 Å². The summed E-state index contributed by atoms with van der Waals surface area (Å²) in [6.07, 6.45) is 0. The van der Waals surface area contributed by atoms with Gasteiger partial charge in [0.2, 0.25) is 5.91 Å². The Kier molecular flexibility index (Phi) is 6.93. The van der Waals surface area contributed by atoms with E-state index >= 15 is 0 Å². The summed E-state index contributed by atoms with van der Waals surface area (Å²) in [4.78, 5) is 22.2. The van der Waals surface area contributed by atoms with Crippen molar-refractivity contribution in [2.24, 2.45) is 5.92 Å². The molecule has 0 saturated heterocycles. The van der Waals surface area contributed by atoms with Crippen LogP contribution in [0.2, 0.25) is 0 Å². The minimum absolute atomic E-state index is 0.101. The molecular formula is C14H19NO4S. The molecule has 20 heavy (non-hydrogen) atoms. The van der Waals surface area contributed by atoms with Gasteiger partial charge in [0.25, 0.3) is 0 Å². The highest BCUT2D eigenvalue weighted by Crippen LogP contribution is 2.12. The summed E-state index contributed by atoms with van der Waals surface area (Å²) in [5.74, 6) is 0.0704. The molecule has 0 spiro atoms. The van der Waals surface area contributed by atoms with Crippen LogP contribution in [0.4, 0.5) is 0 Å². The Morgan fingerprint density at radius 2 is 2.20 bits per heavy atom. The maximum Gasteiger partial charge on any atom is 0.307 e. The molecule has 0 saturated carbocycles. The van der Waals surface area contributed by atoms with E-state index in [2.05, 4.69) is 5.32 Å². The summed E-state index contributed by atoms with van der Waals surface area (Å²) < 4.78 is 5.10. The number of thioether (sulfide) groups is 1. The third kappa shape index (κ3) is 5.97. The van der Waals surface area contributed by atoms with Crippen LogP contribution in [0.25, 0.3) is 0 Å². The SMILES string of the molecule is COc1cccc(CNC(=O)CSCC(C)C(=O)O)c1. The summed E-state index contributed by atoms with van der Waals surface area (Å²) in [5.41, 5.74) is 0.960. The Bertz CT molecular complexity index is 464. The van der Waals surface area contributed by atoms with E-state index in [1.54, 1.807) is 14.0 Å². The van der Waals surface area contributed by atoms with E-state index in [1.807, 2.05) is 24.3 Å². The van der Waals surface area contributed by atoms with Crippen molar-refractivity contribution < 1.29 is 19.4 Å². The van der Waals surface area contributed by atoms with Crippen molar-refractivity contribution in [3.63, 3.8) is 0 Å². The number of methoxy groups -OCH3 is 1. The van der Waals surface area contributed by atoms with Crippen molar-refractivity contribution in [1.29, 1.82) is 0 Å². The number of carboxylic acids is 1. The fourth-order valence-corrected chi connectivity index (χ4v) is 2.34. The number of carbonyl (C=O) groups excluding carboxylic acids is 1. The standard InChI is InChI=1S/C14H19NO4S/c1-10(14(17)18)8-20-9-13(16)15-7-11-4-3-5-12(6-11)19-2/h3-6,10H,7-9H2,1-2H3,(H,15,16)(H,17,18). The first-order chi connectivity index (χ1) is 9.52. The number of carbonyl (C=O) groups is 2. The summed E-state index contributed by atoms with van der Waals surface area (Å²) in [6, 6.07) is 7.47. The Hall–Kier alpha value is -1.69. The molecule has 2 N–H and O–H groups in total. The maximum atomic E-state index is 11.6. The predicted molar refractivity (Wildman–Crippen MR) is 79.0 cm³/mol. The van der Waals surface area contributed by atoms with E-state index in [0.29, 0.717) is 12.3 Å². The van der Waals surface area contributed by atoms with Gasteiger partial charge in [-0.05, 0) is 17.7 Å². The summed E-state index contributed by atoms with van der Waals surface area (Å²) >= 11 is 1.32. The molecule has 0 aliphatic rings. The van der Waals surface area contributed by atoms with Crippen molar-refractivity contribution in [3.8, 4) is 5.75 Å². The summed E-state index contributed by atoms with van der Waals surface area (Å²) in [6.45, 7) is 2.06. The number of nitrogens with one attached hydrogen (secondary N) is 1. The Morgan fingerprint density at radius 1 is 1.45 bits per heavy atom. The van der Waals surface area contributed by atoms with Crippen molar-refractivity contribution in [3.05, 3.63) is 29.8 Å². The van der Waals surface area contributed by atoms with Crippen LogP contribution >= 0.6 is 11.8 Å². The second-order valence-electron chi connectivity index (χ2n) is 4.38. The molecule has 1 amide bonds. The summed E-state index contributed by atoms with van der Waals surface area (Å²) in [5, 5.41) is 11.5. The largest absolute Gasteiger partial charge is 0.497 e. The van der Waals surface area contributed by atoms with Gasteiger partial charge in [-0.15, -0.1) is 0 Å². The fourth-order valence-electron chi connectivity index (χ4n) is 1.43. The highest BCUT2D eigenvalue weighted by Gasteiger charge is 2.11. The molecule has 5 nitrogen and oxygen atoms in total. The number of benzene rings is 1. The van der Waals surface area contributed by atoms with Gasteiger partial charge in [-0.2, -0.15) is 11.8 Å². The van der Waals surface area contributed by atoms with Crippen LogP contribution in [0.5, 0.6) is 5.75 Å². The van der Waals surface area contributed by atoms with Gasteiger partial charge < -0.3 is 15.2 Å². The average molecular weight is 297 g/mol. The number of hydrogen-bond acceptors (Lipinski definition) is 4. The Balaban J connectivity index is 2.27. The lowest BCUT2D eigenvalue weighted by Gasteiger charge is -2.08. The number of hydrogen-bond donors (Lipinski definition) is 2. The molecule has 1 aromatic rings. The second kappa shape index (κ2) is 8.47. The monoisotopic (exact) mass is 297 g/mol. The Labute approximate surface area is 122 Å². The minimum atomic E-state index is -0.839. The molecule has 0 heterocycles. The number of amides is 1.